The van der Waals surface area contributed by atoms with Crippen molar-refractivity contribution in [3.63, 3.8) is 0 Å². The molecule has 1 saturated heterocycles. The predicted molar refractivity (Wildman–Crippen MR) is 82.5 cm³/mol. The van der Waals surface area contributed by atoms with Crippen LogP contribution in [0, 0.1) is 12.8 Å². The number of sulfone groups is 1. The number of carboxylic acids is 1. The number of rotatable bonds is 4. The Balaban J connectivity index is 2.24. The Labute approximate surface area is 129 Å². The molecule has 0 aliphatic carbocycles. The van der Waals surface area contributed by atoms with Gasteiger partial charge < -0.3 is 10.0 Å². The number of aliphatic carboxylic acids is 1. The van der Waals surface area contributed by atoms with Gasteiger partial charge in [-0.2, -0.15) is 0 Å². The molecule has 120 valence electrons. The Morgan fingerprint density at radius 2 is 1.82 bits per heavy atom. The van der Waals surface area contributed by atoms with Gasteiger partial charge in [0.1, 0.15) is 16.4 Å². The van der Waals surface area contributed by atoms with Crippen LogP contribution >= 0.6 is 0 Å². The molecule has 1 aromatic carbocycles. The van der Waals surface area contributed by atoms with Crippen molar-refractivity contribution < 1.29 is 23.1 Å². The number of benzene rings is 1. The minimum absolute atomic E-state index is 0.0158. The van der Waals surface area contributed by atoms with Gasteiger partial charge in [0, 0.05) is 11.6 Å². The highest BCUT2D eigenvalue weighted by Gasteiger charge is 2.33. The zero-order chi connectivity index (χ0) is 16.3. The lowest BCUT2D eigenvalue weighted by molar-refractivity contribution is -0.137. The number of aryl methyl sites for hydroxylation is 1. The molecule has 1 amide bonds. The molecule has 1 N–H and O–H groups in total. The highest BCUT2D eigenvalue weighted by atomic mass is 32.2. The zero-order valence-electron chi connectivity index (χ0n) is 12.4. The Morgan fingerprint density at radius 1 is 1.23 bits per heavy atom. The zero-order valence-corrected chi connectivity index (χ0v) is 13.2. The van der Waals surface area contributed by atoms with E-state index in [-0.39, 0.29) is 30.3 Å². The third kappa shape index (κ3) is 3.85. The lowest BCUT2D eigenvalue weighted by Crippen LogP contribution is -2.42. The van der Waals surface area contributed by atoms with E-state index in [0.717, 1.165) is 5.56 Å². The van der Waals surface area contributed by atoms with Gasteiger partial charge in [-0.15, -0.1) is 0 Å². The van der Waals surface area contributed by atoms with Gasteiger partial charge in [-0.05, 0) is 31.4 Å². The molecule has 1 fully saturated rings. The molecule has 22 heavy (non-hydrogen) atoms. The molecule has 1 aromatic rings. The first-order valence-corrected chi connectivity index (χ1v) is 8.91. The number of carboxylic acid groups (broad SMARTS) is 1. The summed E-state index contributed by atoms with van der Waals surface area (Å²) in [6, 6.07) is 7.07. The maximum Gasteiger partial charge on any atom is 0.323 e. The van der Waals surface area contributed by atoms with Crippen LogP contribution in [0.25, 0.3) is 0 Å². The van der Waals surface area contributed by atoms with Crippen LogP contribution < -0.4 is 4.90 Å². The van der Waals surface area contributed by atoms with Gasteiger partial charge in [0.15, 0.2) is 0 Å². The molecule has 0 bridgehead atoms. The topological polar surface area (TPSA) is 91.8 Å². The Bertz CT molecular complexity index is 669. The SMILES string of the molecule is Cc1ccccc1N(CC(=O)O)C(=O)C1CCS(=O)(=O)CC1. The number of carbonyl (C=O) groups excluding carboxylic acids is 1. The predicted octanol–water partition coefficient (Wildman–Crippen LogP) is 1.24. The Kier molecular flexibility index (Phi) is 4.85. The Morgan fingerprint density at radius 3 is 2.36 bits per heavy atom. The summed E-state index contributed by atoms with van der Waals surface area (Å²) in [6.07, 6.45) is 0.506. The molecule has 1 heterocycles. The van der Waals surface area contributed by atoms with E-state index in [9.17, 15) is 18.0 Å². The third-order valence-corrected chi connectivity index (χ3v) is 5.58. The van der Waals surface area contributed by atoms with Gasteiger partial charge in [0.2, 0.25) is 5.91 Å². The number of carbonyl (C=O) groups is 2. The van der Waals surface area contributed by atoms with Crippen LogP contribution in [-0.2, 0) is 19.4 Å². The first kappa shape index (κ1) is 16.5. The van der Waals surface area contributed by atoms with Crippen molar-refractivity contribution >= 4 is 27.4 Å². The van der Waals surface area contributed by atoms with E-state index in [4.69, 9.17) is 5.11 Å². The fourth-order valence-corrected chi connectivity index (χ4v) is 4.13. The van der Waals surface area contributed by atoms with Crippen LogP contribution in [0.2, 0.25) is 0 Å². The van der Waals surface area contributed by atoms with Gasteiger partial charge in [-0.1, -0.05) is 18.2 Å². The lowest BCUT2D eigenvalue weighted by atomic mass is 10.00. The summed E-state index contributed by atoms with van der Waals surface area (Å²) in [5, 5.41) is 9.08. The van der Waals surface area contributed by atoms with Gasteiger partial charge in [0.05, 0.1) is 11.5 Å². The number of para-hydroxylation sites is 1. The van der Waals surface area contributed by atoms with E-state index < -0.39 is 28.3 Å². The summed E-state index contributed by atoms with van der Waals surface area (Å²) >= 11 is 0. The number of hydrogen-bond acceptors (Lipinski definition) is 4. The highest BCUT2D eigenvalue weighted by molar-refractivity contribution is 7.91. The molecular formula is C15H19NO5S. The molecule has 0 radical (unpaired) electrons. The molecule has 1 aliphatic rings. The minimum Gasteiger partial charge on any atom is -0.480 e. The number of amides is 1. The van der Waals surface area contributed by atoms with Crippen molar-refractivity contribution in [3.8, 4) is 0 Å². The van der Waals surface area contributed by atoms with Crippen LogP contribution in [0.1, 0.15) is 18.4 Å². The van der Waals surface area contributed by atoms with Gasteiger partial charge in [0.25, 0.3) is 0 Å². The molecule has 0 spiro atoms. The maximum absolute atomic E-state index is 12.7. The third-order valence-electron chi connectivity index (χ3n) is 3.87. The molecule has 7 heteroatoms. The van der Waals surface area contributed by atoms with Crippen LogP contribution in [-0.4, -0.2) is 43.5 Å². The number of anilines is 1. The van der Waals surface area contributed by atoms with E-state index >= 15 is 0 Å². The van der Waals surface area contributed by atoms with Gasteiger partial charge >= 0.3 is 5.97 Å². The molecule has 0 unspecified atom stereocenters. The van der Waals surface area contributed by atoms with Gasteiger partial charge in [-0.25, -0.2) is 8.42 Å². The lowest BCUT2D eigenvalue weighted by Gasteiger charge is -2.29. The summed E-state index contributed by atoms with van der Waals surface area (Å²) in [5.41, 5.74) is 1.36. The largest absolute Gasteiger partial charge is 0.480 e. The average molecular weight is 325 g/mol. The number of hydrogen-bond donors (Lipinski definition) is 1. The molecule has 6 nitrogen and oxygen atoms in total. The van der Waals surface area contributed by atoms with Gasteiger partial charge in [-0.3, -0.25) is 9.59 Å². The Hall–Kier alpha value is -1.89. The monoisotopic (exact) mass is 325 g/mol. The van der Waals surface area contributed by atoms with Crippen molar-refractivity contribution in [2.75, 3.05) is 23.0 Å². The molecule has 0 aromatic heterocycles. The van der Waals surface area contributed by atoms with Crippen LogP contribution in [0.5, 0.6) is 0 Å². The quantitative estimate of drug-likeness (QED) is 0.899. The van der Waals surface area contributed by atoms with E-state index in [1.165, 1.54) is 4.90 Å². The fourth-order valence-electron chi connectivity index (χ4n) is 2.64. The maximum atomic E-state index is 12.7. The summed E-state index contributed by atoms with van der Waals surface area (Å²) < 4.78 is 22.9. The summed E-state index contributed by atoms with van der Waals surface area (Å²) in [4.78, 5) is 25.0. The van der Waals surface area contributed by atoms with E-state index in [1.807, 2.05) is 19.1 Å². The molecular weight excluding hydrogens is 306 g/mol. The second-order valence-corrected chi connectivity index (χ2v) is 7.83. The van der Waals surface area contributed by atoms with E-state index in [0.29, 0.717) is 5.69 Å². The normalized spacial score (nSPS) is 17.9. The average Bonchev–Trinajstić information content (AvgIpc) is 2.45. The van der Waals surface area contributed by atoms with Crippen molar-refractivity contribution in [2.45, 2.75) is 19.8 Å². The summed E-state index contributed by atoms with van der Waals surface area (Å²) in [6.45, 7) is 1.38. The standard InChI is InChI=1S/C15H19NO5S/c1-11-4-2-3-5-13(11)16(10-14(17)18)15(19)12-6-8-22(20,21)9-7-12/h2-5,12H,6-10H2,1H3,(H,17,18). The molecule has 2 rings (SSSR count). The minimum atomic E-state index is -3.06. The first-order valence-electron chi connectivity index (χ1n) is 7.09. The van der Waals surface area contributed by atoms with Crippen molar-refractivity contribution in [3.05, 3.63) is 29.8 Å². The van der Waals surface area contributed by atoms with Crippen molar-refractivity contribution in [1.82, 2.24) is 0 Å². The number of nitrogens with zero attached hydrogens (tertiary/aromatic N) is 1. The first-order chi connectivity index (χ1) is 10.3. The van der Waals surface area contributed by atoms with Crippen molar-refractivity contribution in [2.24, 2.45) is 5.92 Å². The summed E-state index contributed by atoms with van der Waals surface area (Å²) in [5.74, 6) is -1.88. The highest BCUT2D eigenvalue weighted by Crippen LogP contribution is 2.26. The van der Waals surface area contributed by atoms with E-state index in [2.05, 4.69) is 0 Å². The molecule has 1 aliphatic heterocycles. The van der Waals surface area contributed by atoms with Crippen LogP contribution in [0.3, 0.4) is 0 Å². The molecule has 0 saturated carbocycles. The molecule has 0 atom stereocenters. The van der Waals surface area contributed by atoms with E-state index in [1.54, 1.807) is 12.1 Å². The second-order valence-electron chi connectivity index (χ2n) is 5.53. The van der Waals surface area contributed by atoms with Crippen LogP contribution in [0.4, 0.5) is 5.69 Å². The van der Waals surface area contributed by atoms with Crippen molar-refractivity contribution in [1.29, 1.82) is 0 Å². The second kappa shape index (κ2) is 6.48. The smallest absolute Gasteiger partial charge is 0.323 e. The van der Waals surface area contributed by atoms with Crippen LogP contribution in [0.15, 0.2) is 24.3 Å². The summed E-state index contributed by atoms with van der Waals surface area (Å²) in [7, 11) is -3.06. The fraction of sp³-hybridized carbons (Fsp3) is 0.467.